The topological polar surface area (TPSA) is 88.2 Å². The molecular formula is C17H19N3O3S. The fourth-order valence-corrected chi connectivity index (χ4v) is 2.78. The maximum absolute atomic E-state index is 12.2. The van der Waals surface area contributed by atoms with Gasteiger partial charge in [0.2, 0.25) is 0 Å². The number of sulfone groups is 1. The summed E-state index contributed by atoms with van der Waals surface area (Å²) in [5.41, 5.74) is 1.43. The van der Waals surface area contributed by atoms with Gasteiger partial charge in [-0.2, -0.15) is 0 Å². The standard InChI is InChI=1S/C17H19N3O3S/c1-3-4-16(13-9-11-18-12-10-13)20-17(21)19-14-5-7-15(8-6-14)24(2,22)23/h3,5-12,16H,1,4H2,2H3,(H2,19,20,21). The van der Waals surface area contributed by atoms with E-state index in [0.29, 0.717) is 12.1 Å². The summed E-state index contributed by atoms with van der Waals surface area (Å²) in [6.45, 7) is 3.71. The molecule has 1 aromatic carbocycles. The third kappa shape index (κ3) is 4.92. The third-order valence-electron chi connectivity index (χ3n) is 3.36. The number of urea groups is 1. The van der Waals surface area contributed by atoms with Gasteiger partial charge >= 0.3 is 6.03 Å². The van der Waals surface area contributed by atoms with Crippen LogP contribution in [0.2, 0.25) is 0 Å². The highest BCUT2D eigenvalue weighted by molar-refractivity contribution is 7.90. The van der Waals surface area contributed by atoms with E-state index in [4.69, 9.17) is 0 Å². The number of rotatable bonds is 6. The molecule has 1 unspecified atom stereocenters. The maximum atomic E-state index is 12.2. The minimum Gasteiger partial charge on any atom is -0.331 e. The summed E-state index contributed by atoms with van der Waals surface area (Å²) in [6, 6.07) is 9.05. The molecule has 2 amide bonds. The largest absolute Gasteiger partial charge is 0.331 e. The molecule has 0 spiro atoms. The van der Waals surface area contributed by atoms with Gasteiger partial charge in [0.1, 0.15) is 0 Å². The van der Waals surface area contributed by atoms with E-state index in [1.807, 2.05) is 12.1 Å². The van der Waals surface area contributed by atoms with Crippen LogP contribution in [-0.2, 0) is 9.84 Å². The average molecular weight is 345 g/mol. The molecular weight excluding hydrogens is 326 g/mol. The Morgan fingerprint density at radius 1 is 1.21 bits per heavy atom. The van der Waals surface area contributed by atoms with Gasteiger partial charge in [0, 0.05) is 24.3 Å². The molecule has 7 heteroatoms. The Labute approximate surface area is 141 Å². The third-order valence-corrected chi connectivity index (χ3v) is 4.48. The van der Waals surface area contributed by atoms with Gasteiger partial charge in [-0.15, -0.1) is 6.58 Å². The van der Waals surface area contributed by atoms with Crippen molar-refractivity contribution in [1.82, 2.24) is 10.3 Å². The number of carbonyl (C=O) groups is 1. The SMILES string of the molecule is C=CCC(NC(=O)Nc1ccc(S(C)(=O)=O)cc1)c1ccncc1. The minimum atomic E-state index is -3.26. The second-order valence-corrected chi connectivity index (χ2v) is 7.27. The molecule has 0 radical (unpaired) electrons. The number of aromatic nitrogens is 1. The Morgan fingerprint density at radius 3 is 2.38 bits per heavy atom. The number of nitrogens with one attached hydrogen (secondary N) is 2. The van der Waals surface area contributed by atoms with Crippen LogP contribution in [0, 0.1) is 0 Å². The number of hydrogen-bond donors (Lipinski definition) is 2. The van der Waals surface area contributed by atoms with E-state index in [1.54, 1.807) is 30.6 Å². The maximum Gasteiger partial charge on any atom is 0.319 e. The first-order chi connectivity index (χ1) is 11.4. The number of amides is 2. The molecule has 2 N–H and O–H groups in total. The van der Waals surface area contributed by atoms with Crippen LogP contribution in [0.3, 0.4) is 0 Å². The van der Waals surface area contributed by atoms with Crippen LogP contribution < -0.4 is 10.6 Å². The molecule has 0 aliphatic rings. The Bertz CT molecular complexity index is 803. The van der Waals surface area contributed by atoms with Crippen LogP contribution in [0.4, 0.5) is 10.5 Å². The van der Waals surface area contributed by atoms with Crippen LogP contribution in [0.5, 0.6) is 0 Å². The van der Waals surface area contributed by atoms with Gasteiger partial charge in [-0.3, -0.25) is 4.98 Å². The molecule has 0 fully saturated rings. The molecule has 6 nitrogen and oxygen atoms in total. The summed E-state index contributed by atoms with van der Waals surface area (Å²) >= 11 is 0. The lowest BCUT2D eigenvalue weighted by Crippen LogP contribution is -2.32. The first kappa shape index (κ1) is 17.7. The number of benzene rings is 1. The predicted octanol–water partition coefficient (Wildman–Crippen LogP) is 2.92. The summed E-state index contributed by atoms with van der Waals surface area (Å²) in [5.74, 6) is 0. The molecule has 0 aliphatic carbocycles. The minimum absolute atomic E-state index is 0.203. The Balaban J connectivity index is 2.04. The van der Waals surface area contributed by atoms with Crippen molar-refractivity contribution in [3.63, 3.8) is 0 Å². The van der Waals surface area contributed by atoms with Gasteiger partial charge in [-0.05, 0) is 48.4 Å². The number of anilines is 1. The summed E-state index contributed by atoms with van der Waals surface area (Å²) < 4.78 is 22.9. The van der Waals surface area contributed by atoms with Crippen molar-refractivity contribution >= 4 is 21.6 Å². The zero-order valence-corrected chi connectivity index (χ0v) is 14.1. The average Bonchev–Trinajstić information content (AvgIpc) is 2.55. The summed E-state index contributed by atoms with van der Waals surface area (Å²) in [7, 11) is -3.26. The first-order valence-corrected chi connectivity index (χ1v) is 9.18. The molecule has 2 aromatic rings. The molecule has 126 valence electrons. The van der Waals surface area contributed by atoms with Gasteiger partial charge < -0.3 is 10.6 Å². The van der Waals surface area contributed by atoms with Gasteiger partial charge in [-0.25, -0.2) is 13.2 Å². The highest BCUT2D eigenvalue weighted by Gasteiger charge is 2.13. The first-order valence-electron chi connectivity index (χ1n) is 7.28. The molecule has 24 heavy (non-hydrogen) atoms. The van der Waals surface area contributed by atoms with Crippen molar-refractivity contribution in [1.29, 1.82) is 0 Å². The van der Waals surface area contributed by atoms with Gasteiger partial charge in [0.05, 0.1) is 10.9 Å². The second-order valence-electron chi connectivity index (χ2n) is 5.25. The monoisotopic (exact) mass is 345 g/mol. The zero-order chi connectivity index (χ0) is 17.6. The molecule has 0 saturated carbocycles. The number of nitrogens with zero attached hydrogens (tertiary/aromatic N) is 1. The summed E-state index contributed by atoms with van der Waals surface area (Å²) in [4.78, 5) is 16.3. The number of hydrogen-bond acceptors (Lipinski definition) is 4. The van der Waals surface area contributed by atoms with E-state index in [-0.39, 0.29) is 17.0 Å². The van der Waals surface area contributed by atoms with Gasteiger partial charge in [0.25, 0.3) is 0 Å². The fraction of sp³-hybridized carbons (Fsp3) is 0.176. The van der Waals surface area contributed by atoms with E-state index in [9.17, 15) is 13.2 Å². The summed E-state index contributed by atoms with van der Waals surface area (Å²) in [5, 5.41) is 5.54. The van der Waals surface area contributed by atoms with Crippen molar-refractivity contribution in [3.05, 3.63) is 67.0 Å². The second kappa shape index (κ2) is 7.74. The van der Waals surface area contributed by atoms with Crippen molar-refractivity contribution in [2.45, 2.75) is 17.4 Å². The van der Waals surface area contributed by atoms with E-state index in [2.05, 4.69) is 22.2 Å². The smallest absolute Gasteiger partial charge is 0.319 e. The molecule has 2 rings (SSSR count). The van der Waals surface area contributed by atoms with Crippen molar-refractivity contribution in [2.24, 2.45) is 0 Å². The number of carbonyl (C=O) groups excluding carboxylic acids is 1. The lowest BCUT2D eigenvalue weighted by Gasteiger charge is -2.18. The zero-order valence-electron chi connectivity index (χ0n) is 13.3. The van der Waals surface area contributed by atoms with Crippen molar-refractivity contribution in [2.75, 3.05) is 11.6 Å². The van der Waals surface area contributed by atoms with E-state index < -0.39 is 9.84 Å². The molecule has 0 saturated heterocycles. The lowest BCUT2D eigenvalue weighted by atomic mass is 10.1. The van der Waals surface area contributed by atoms with Crippen LogP contribution in [-0.4, -0.2) is 25.7 Å². The Morgan fingerprint density at radius 2 is 1.83 bits per heavy atom. The highest BCUT2D eigenvalue weighted by Crippen LogP contribution is 2.17. The Kier molecular flexibility index (Phi) is 5.70. The molecule has 1 aromatic heterocycles. The van der Waals surface area contributed by atoms with Gasteiger partial charge in [-0.1, -0.05) is 6.08 Å². The highest BCUT2D eigenvalue weighted by atomic mass is 32.2. The molecule has 1 atom stereocenters. The van der Waals surface area contributed by atoms with Crippen LogP contribution >= 0.6 is 0 Å². The predicted molar refractivity (Wildman–Crippen MR) is 93.5 cm³/mol. The van der Waals surface area contributed by atoms with E-state index in [1.165, 1.54) is 12.1 Å². The Hall–Kier alpha value is -2.67. The molecule has 1 heterocycles. The quantitative estimate of drug-likeness (QED) is 0.788. The summed E-state index contributed by atoms with van der Waals surface area (Å²) in [6.07, 6.45) is 6.76. The normalized spacial score (nSPS) is 12.2. The molecule has 0 aliphatic heterocycles. The van der Waals surface area contributed by atoms with Gasteiger partial charge in [0.15, 0.2) is 9.84 Å². The fourth-order valence-electron chi connectivity index (χ4n) is 2.15. The van der Waals surface area contributed by atoms with Crippen LogP contribution in [0.25, 0.3) is 0 Å². The van der Waals surface area contributed by atoms with Crippen LogP contribution in [0.1, 0.15) is 18.0 Å². The molecule has 0 bridgehead atoms. The lowest BCUT2D eigenvalue weighted by molar-refractivity contribution is 0.248. The van der Waals surface area contributed by atoms with Crippen LogP contribution in [0.15, 0.2) is 66.3 Å². The van der Waals surface area contributed by atoms with E-state index >= 15 is 0 Å². The van der Waals surface area contributed by atoms with Crippen molar-refractivity contribution in [3.8, 4) is 0 Å². The van der Waals surface area contributed by atoms with Crippen molar-refractivity contribution < 1.29 is 13.2 Å². The number of pyridine rings is 1. The van der Waals surface area contributed by atoms with E-state index in [0.717, 1.165) is 11.8 Å².